The topological polar surface area (TPSA) is 52.7 Å². The van der Waals surface area contributed by atoms with Gasteiger partial charge in [0.25, 0.3) is 0 Å². The fourth-order valence-corrected chi connectivity index (χ4v) is 2.95. The summed E-state index contributed by atoms with van der Waals surface area (Å²) >= 11 is 5.84. The van der Waals surface area contributed by atoms with Crippen LogP contribution in [-0.4, -0.2) is 36.2 Å². The molecule has 5 heteroatoms. The van der Waals surface area contributed by atoms with Crippen LogP contribution in [0, 0.1) is 0 Å². The molecule has 3 N–H and O–H groups in total. The molecule has 116 valence electrons. The number of rotatable bonds is 3. The molecule has 4 nitrogen and oxygen atoms in total. The minimum Gasteiger partial charge on any atom is -0.506 e. The largest absolute Gasteiger partial charge is 0.506 e. The van der Waals surface area contributed by atoms with E-state index in [1.54, 1.807) is 12.1 Å². The monoisotopic (exact) mass is 317 g/mol. The van der Waals surface area contributed by atoms with Gasteiger partial charge in [0.1, 0.15) is 5.75 Å². The molecule has 0 aromatic heterocycles. The van der Waals surface area contributed by atoms with E-state index in [9.17, 15) is 5.11 Å². The summed E-state index contributed by atoms with van der Waals surface area (Å²) in [6.07, 6.45) is 0. The number of nitrogens with two attached hydrogens (primary N) is 1. The number of halogens is 1. The first kappa shape index (κ1) is 15.0. The van der Waals surface area contributed by atoms with Gasteiger partial charge in [0.15, 0.2) is 0 Å². The molecule has 0 atom stereocenters. The summed E-state index contributed by atoms with van der Waals surface area (Å²) in [6, 6.07) is 13.4. The zero-order valence-electron chi connectivity index (χ0n) is 12.4. The van der Waals surface area contributed by atoms with E-state index in [2.05, 4.69) is 15.9 Å². The second-order valence-corrected chi connectivity index (χ2v) is 6.01. The summed E-state index contributed by atoms with van der Waals surface area (Å²) < 4.78 is 0. The van der Waals surface area contributed by atoms with Crippen LogP contribution in [0.1, 0.15) is 5.56 Å². The number of piperazine rings is 1. The van der Waals surface area contributed by atoms with Crippen molar-refractivity contribution < 1.29 is 5.11 Å². The van der Waals surface area contributed by atoms with E-state index in [0.717, 1.165) is 49.7 Å². The Morgan fingerprint density at radius 2 is 1.77 bits per heavy atom. The van der Waals surface area contributed by atoms with Crippen molar-refractivity contribution in [3.63, 3.8) is 0 Å². The van der Waals surface area contributed by atoms with Gasteiger partial charge in [-0.1, -0.05) is 29.8 Å². The number of anilines is 2. The highest BCUT2D eigenvalue weighted by Gasteiger charge is 2.18. The Balaban J connectivity index is 1.60. The van der Waals surface area contributed by atoms with Crippen molar-refractivity contribution in [1.82, 2.24) is 4.90 Å². The molecule has 0 aliphatic carbocycles. The maximum absolute atomic E-state index is 9.68. The van der Waals surface area contributed by atoms with Gasteiger partial charge in [-0.2, -0.15) is 0 Å². The fraction of sp³-hybridized carbons (Fsp3) is 0.294. The van der Waals surface area contributed by atoms with Crippen molar-refractivity contribution in [1.29, 1.82) is 0 Å². The molecule has 0 spiro atoms. The molecule has 1 saturated heterocycles. The molecule has 22 heavy (non-hydrogen) atoms. The lowest BCUT2D eigenvalue weighted by Crippen LogP contribution is -2.46. The van der Waals surface area contributed by atoms with Gasteiger partial charge in [0, 0.05) is 32.7 Å². The van der Waals surface area contributed by atoms with Crippen LogP contribution in [0.5, 0.6) is 5.75 Å². The van der Waals surface area contributed by atoms with Crippen LogP contribution in [-0.2, 0) is 6.54 Å². The first-order valence-corrected chi connectivity index (χ1v) is 7.80. The lowest BCUT2D eigenvalue weighted by molar-refractivity contribution is 0.249. The molecule has 0 bridgehead atoms. The van der Waals surface area contributed by atoms with Crippen LogP contribution in [0.25, 0.3) is 0 Å². The maximum atomic E-state index is 9.68. The molecule has 1 fully saturated rings. The number of nitrogens with zero attached hydrogens (tertiary/aromatic N) is 2. The van der Waals surface area contributed by atoms with Gasteiger partial charge in [-0.05, 0) is 29.8 Å². The van der Waals surface area contributed by atoms with Crippen LogP contribution >= 0.6 is 11.6 Å². The summed E-state index contributed by atoms with van der Waals surface area (Å²) in [5.41, 5.74) is 9.07. The summed E-state index contributed by atoms with van der Waals surface area (Å²) in [5, 5.41) is 10.1. The van der Waals surface area contributed by atoms with E-state index in [1.807, 2.05) is 24.3 Å². The molecule has 2 aromatic carbocycles. The Kier molecular flexibility index (Phi) is 4.41. The first-order valence-electron chi connectivity index (χ1n) is 7.42. The molecule has 1 heterocycles. The zero-order valence-corrected chi connectivity index (χ0v) is 13.1. The zero-order chi connectivity index (χ0) is 15.5. The molecular formula is C17H20ClN3O. The van der Waals surface area contributed by atoms with Crippen molar-refractivity contribution in [3.8, 4) is 5.75 Å². The smallest absolute Gasteiger partial charge is 0.134 e. The van der Waals surface area contributed by atoms with Crippen LogP contribution in [0.2, 0.25) is 5.02 Å². The van der Waals surface area contributed by atoms with Gasteiger partial charge < -0.3 is 15.7 Å². The van der Waals surface area contributed by atoms with Gasteiger partial charge >= 0.3 is 0 Å². The lowest BCUT2D eigenvalue weighted by atomic mass is 10.1. The SMILES string of the molecule is Nc1ccccc1N1CCN(Cc2ccc(Cl)c(O)c2)CC1. The molecule has 2 aromatic rings. The Morgan fingerprint density at radius 1 is 1.05 bits per heavy atom. The van der Waals surface area contributed by atoms with Gasteiger partial charge in [-0.3, -0.25) is 4.90 Å². The summed E-state index contributed by atoms with van der Waals surface area (Å²) in [7, 11) is 0. The number of phenolic OH excluding ortho intramolecular Hbond substituents is 1. The fourth-order valence-electron chi connectivity index (χ4n) is 2.84. The van der Waals surface area contributed by atoms with Crippen LogP contribution in [0.15, 0.2) is 42.5 Å². The van der Waals surface area contributed by atoms with E-state index < -0.39 is 0 Å². The Bertz CT molecular complexity index is 654. The van der Waals surface area contributed by atoms with E-state index in [0.29, 0.717) is 5.02 Å². The minimum atomic E-state index is 0.148. The van der Waals surface area contributed by atoms with Crippen LogP contribution in [0.4, 0.5) is 11.4 Å². The van der Waals surface area contributed by atoms with Crippen molar-refractivity contribution in [3.05, 3.63) is 53.1 Å². The number of hydrogen-bond donors (Lipinski definition) is 2. The highest BCUT2D eigenvalue weighted by Crippen LogP contribution is 2.26. The van der Waals surface area contributed by atoms with E-state index in [4.69, 9.17) is 17.3 Å². The van der Waals surface area contributed by atoms with Gasteiger partial charge in [-0.15, -0.1) is 0 Å². The van der Waals surface area contributed by atoms with Gasteiger partial charge in [-0.25, -0.2) is 0 Å². The number of nitrogen functional groups attached to an aromatic ring is 1. The first-order chi connectivity index (χ1) is 10.6. The number of benzene rings is 2. The molecule has 0 amide bonds. The Labute approximate surface area is 135 Å². The summed E-state index contributed by atoms with van der Waals surface area (Å²) in [4.78, 5) is 4.70. The molecule has 1 aliphatic heterocycles. The molecule has 0 saturated carbocycles. The molecule has 0 radical (unpaired) electrons. The molecule has 0 unspecified atom stereocenters. The highest BCUT2D eigenvalue weighted by atomic mass is 35.5. The molecule has 1 aliphatic rings. The van der Waals surface area contributed by atoms with Crippen molar-refractivity contribution in [2.75, 3.05) is 36.8 Å². The van der Waals surface area contributed by atoms with E-state index in [-0.39, 0.29) is 5.75 Å². The third-order valence-electron chi connectivity index (χ3n) is 4.07. The van der Waals surface area contributed by atoms with Crippen molar-refractivity contribution in [2.45, 2.75) is 6.54 Å². The Morgan fingerprint density at radius 3 is 2.45 bits per heavy atom. The van der Waals surface area contributed by atoms with E-state index in [1.165, 1.54) is 0 Å². The average Bonchev–Trinajstić information content (AvgIpc) is 2.52. The predicted octanol–water partition coefficient (Wildman–Crippen LogP) is 2.95. The number of phenols is 1. The lowest BCUT2D eigenvalue weighted by Gasteiger charge is -2.36. The van der Waals surface area contributed by atoms with Gasteiger partial charge in [0.05, 0.1) is 16.4 Å². The maximum Gasteiger partial charge on any atom is 0.134 e. The van der Waals surface area contributed by atoms with Crippen molar-refractivity contribution >= 4 is 23.0 Å². The highest BCUT2D eigenvalue weighted by molar-refractivity contribution is 6.32. The summed E-state index contributed by atoms with van der Waals surface area (Å²) in [6.45, 7) is 4.67. The summed E-state index contributed by atoms with van der Waals surface area (Å²) in [5.74, 6) is 0.148. The quantitative estimate of drug-likeness (QED) is 0.855. The average molecular weight is 318 g/mol. The minimum absolute atomic E-state index is 0.148. The second kappa shape index (κ2) is 6.46. The Hall–Kier alpha value is -1.91. The predicted molar refractivity (Wildman–Crippen MR) is 91.5 cm³/mol. The molecular weight excluding hydrogens is 298 g/mol. The van der Waals surface area contributed by atoms with Crippen LogP contribution < -0.4 is 10.6 Å². The number of para-hydroxylation sites is 2. The van der Waals surface area contributed by atoms with Crippen LogP contribution in [0.3, 0.4) is 0 Å². The normalized spacial score (nSPS) is 16.0. The second-order valence-electron chi connectivity index (χ2n) is 5.61. The number of hydrogen-bond acceptors (Lipinski definition) is 4. The van der Waals surface area contributed by atoms with Crippen molar-refractivity contribution in [2.24, 2.45) is 0 Å². The van der Waals surface area contributed by atoms with Gasteiger partial charge in [0.2, 0.25) is 0 Å². The third kappa shape index (κ3) is 3.29. The standard InChI is InChI=1S/C17H20ClN3O/c18-14-6-5-13(11-17(14)22)12-20-7-9-21(10-8-20)16-4-2-1-3-15(16)19/h1-6,11,22H,7-10,12,19H2. The third-order valence-corrected chi connectivity index (χ3v) is 4.39. The number of aromatic hydroxyl groups is 1. The van der Waals surface area contributed by atoms with E-state index >= 15 is 0 Å². The molecule has 3 rings (SSSR count).